The Labute approximate surface area is 125 Å². The summed E-state index contributed by atoms with van der Waals surface area (Å²) < 4.78 is 30.0. The van der Waals surface area contributed by atoms with E-state index in [-0.39, 0.29) is 32.5 Å². The van der Waals surface area contributed by atoms with Crippen LogP contribution in [0.1, 0.15) is 39.5 Å². The predicted octanol–water partition coefficient (Wildman–Crippen LogP) is 0.846. The molecule has 0 unspecified atom stereocenters. The number of hydrogen-bond donors (Lipinski definition) is 1. The van der Waals surface area contributed by atoms with Crippen LogP contribution < -0.4 is 0 Å². The summed E-state index contributed by atoms with van der Waals surface area (Å²) >= 11 is 0. The number of carboxylic acids is 1. The number of rotatable bonds is 7. The minimum Gasteiger partial charge on any atom is -0.481 e. The third-order valence-electron chi connectivity index (χ3n) is 3.86. The fourth-order valence-electron chi connectivity index (χ4n) is 2.68. The second kappa shape index (κ2) is 7.22. The molecular formula is C13H23NO6S. The molecule has 8 heteroatoms. The van der Waals surface area contributed by atoms with Crippen molar-refractivity contribution in [3.63, 3.8) is 0 Å². The van der Waals surface area contributed by atoms with Crippen LogP contribution in [-0.2, 0) is 24.3 Å². The molecule has 1 saturated heterocycles. The minimum absolute atomic E-state index is 0.132. The number of carboxylic acid groups (broad SMARTS) is 1. The van der Waals surface area contributed by atoms with Crippen LogP contribution in [0.5, 0.6) is 0 Å². The zero-order chi connectivity index (χ0) is 16.1. The number of ether oxygens (including phenoxy) is 1. The fourth-order valence-corrected chi connectivity index (χ4v) is 3.99. The number of nitrogens with zero attached hydrogens (tertiary/aromatic N) is 1. The maximum atomic E-state index is 12.1. The number of carbonyl (C=O) groups is 2. The Morgan fingerprint density at radius 2 is 1.81 bits per heavy atom. The quantitative estimate of drug-likeness (QED) is 0.698. The molecule has 0 aromatic carbocycles. The highest BCUT2D eigenvalue weighted by Gasteiger charge is 2.43. The molecule has 1 rings (SSSR count). The summed E-state index contributed by atoms with van der Waals surface area (Å²) in [5, 5.41) is 9.38. The highest BCUT2D eigenvalue weighted by molar-refractivity contribution is 7.89. The molecule has 0 aromatic rings. The summed E-state index contributed by atoms with van der Waals surface area (Å²) in [5.41, 5.74) is -0.843. The summed E-state index contributed by atoms with van der Waals surface area (Å²) in [5.74, 6) is -2.33. The van der Waals surface area contributed by atoms with Crippen molar-refractivity contribution in [3.05, 3.63) is 0 Å². The van der Waals surface area contributed by atoms with E-state index in [9.17, 15) is 23.1 Å². The Kier molecular flexibility index (Phi) is 6.15. The Bertz CT molecular complexity index is 479. The minimum atomic E-state index is -3.73. The largest absolute Gasteiger partial charge is 0.481 e. The third-order valence-corrected chi connectivity index (χ3v) is 5.61. The lowest BCUT2D eigenvalue weighted by atomic mass is 9.75. The van der Waals surface area contributed by atoms with Crippen molar-refractivity contribution < 1.29 is 27.9 Å². The van der Waals surface area contributed by atoms with Crippen molar-refractivity contribution in [2.45, 2.75) is 39.5 Å². The van der Waals surface area contributed by atoms with Crippen molar-refractivity contribution in [1.82, 2.24) is 4.31 Å². The SMILES string of the molecule is CCCC1(C(=O)O)CCN(S(=O)(=O)CC(=O)OCC)CC1. The molecule has 21 heavy (non-hydrogen) atoms. The van der Waals surface area contributed by atoms with Gasteiger partial charge in [-0.15, -0.1) is 0 Å². The highest BCUT2D eigenvalue weighted by Crippen LogP contribution is 2.37. The molecule has 1 heterocycles. The van der Waals surface area contributed by atoms with Crippen molar-refractivity contribution in [2.24, 2.45) is 5.41 Å². The lowest BCUT2D eigenvalue weighted by molar-refractivity contribution is -0.152. The van der Waals surface area contributed by atoms with E-state index in [0.717, 1.165) is 6.42 Å². The van der Waals surface area contributed by atoms with Crippen LogP contribution >= 0.6 is 0 Å². The normalized spacial score (nSPS) is 19.1. The van der Waals surface area contributed by atoms with Crippen LogP contribution in [-0.4, -0.2) is 55.2 Å². The number of aliphatic carboxylic acids is 1. The van der Waals surface area contributed by atoms with Crippen LogP contribution in [0, 0.1) is 5.41 Å². The standard InChI is InChI=1S/C13H23NO6S/c1-3-5-13(12(16)17)6-8-14(9-7-13)21(18,19)10-11(15)20-4-2/h3-10H2,1-2H3,(H,16,17). The molecule has 1 aliphatic heterocycles. The van der Waals surface area contributed by atoms with Gasteiger partial charge in [0, 0.05) is 13.1 Å². The van der Waals surface area contributed by atoms with Gasteiger partial charge >= 0.3 is 11.9 Å². The Morgan fingerprint density at radius 3 is 2.24 bits per heavy atom. The topological polar surface area (TPSA) is 101 Å². The molecule has 0 aromatic heterocycles. The van der Waals surface area contributed by atoms with E-state index in [1.54, 1.807) is 6.92 Å². The van der Waals surface area contributed by atoms with E-state index in [2.05, 4.69) is 4.74 Å². The number of hydrogen-bond acceptors (Lipinski definition) is 5. The molecule has 0 amide bonds. The number of sulfonamides is 1. The Hall–Kier alpha value is -1.15. The van der Waals surface area contributed by atoms with E-state index >= 15 is 0 Å². The maximum absolute atomic E-state index is 12.1. The lowest BCUT2D eigenvalue weighted by Crippen LogP contribution is -2.47. The fraction of sp³-hybridized carbons (Fsp3) is 0.846. The number of esters is 1. The van der Waals surface area contributed by atoms with Gasteiger partial charge < -0.3 is 9.84 Å². The molecule has 1 N–H and O–H groups in total. The van der Waals surface area contributed by atoms with Gasteiger partial charge in [0.2, 0.25) is 10.0 Å². The smallest absolute Gasteiger partial charge is 0.322 e. The Balaban J connectivity index is 2.70. The van der Waals surface area contributed by atoms with Gasteiger partial charge in [0.05, 0.1) is 12.0 Å². The van der Waals surface area contributed by atoms with E-state index in [0.29, 0.717) is 6.42 Å². The van der Waals surface area contributed by atoms with E-state index in [4.69, 9.17) is 0 Å². The Morgan fingerprint density at radius 1 is 1.24 bits per heavy atom. The molecule has 1 fully saturated rings. The monoisotopic (exact) mass is 321 g/mol. The second-order valence-corrected chi connectivity index (χ2v) is 7.26. The van der Waals surface area contributed by atoms with Gasteiger partial charge in [-0.25, -0.2) is 12.7 Å². The summed E-state index contributed by atoms with van der Waals surface area (Å²) in [6, 6.07) is 0. The van der Waals surface area contributed by atoms with Crippen LogP contribution in [0.4, 0.5) is 0 Å². The third kappa shape index (κ3) is 4.41. The van der Waals surface area contributed by atoms with Crippen LogP contribution in [0.2, 0.25) is 0 Å². The first-order valence-corrected chi connectivity index (χ1v) is 8.75. The average molecular weight is 321 g/mol. The van der Waals surface area contributed by atoms with Crippen molar-refractivity contribution in [2.75, 3.05) is 25.4 Å². The van der Waals surface area contributed by atoms with Gasteiger partial charge in [-0.05, 0) is 26.2 Å². The molecule has 0 bridgehead atoms. The van der Waals surface area contributed by atoms with Gasteiger partial charge in [0.1, 0.15) is 0 Å². The van der Waals surface area contributed by atoms with Gasteiger partial charge in [0.15, 0.2) is 5.75 Å². The van der Waals surface area contributed by atoms with Crippen LogP contribution in [0.3, 0.4) is 0 Å². The van der Waals surface area contributed by atoms with Crippen molar-refractivity contribution in [3.8, 4) is 0 Å². The zero-order valence-electron chi connectivity index (χ0n) is 12.5. The van der Waals surface area contributed by atoms with E-state index in [1.807, 2.05) is 6.92 Å². The molecule has 0 radical (unpaired) electrons. The molecule has 0 spiro atoms. The van der Waals surface area contributed by atoms with Gasteiger partial charge in [-0.2, -0.15) is 0 Å². The molecule has 122 valence electrons. The van der Waals surface area contributed by atoms with E-state index in [1.165, 1.54) is 4.31 Å². The molecule has 0 atom stereocenters. The van der Waals surface area contributed by atoms with Gasteiger partial charge in [-0.1, -0.05) is 13.3 Å². The molecular weight excluding hydrogens is 298 g/mol. The first kappa shape index (κ1) is 17.9. The second-order valence-electron chi connectivity index (χ2n) is 5.30. The maximum Gasteiger partial charge on any atom is 0.322 e. The predicted molar refractivity (Wildman–Crippen MR) is 76.2 cm³/mol. The molecule has 0 aliphatic carbocycles. The number of carbonyl (C=O) groups excluding carboxylic acids is 1. The zero-order valence-corrected chi connectivity index (χ0v) is 13.3. The summed E-state index contributed by atoms with van der Waals surface area (Å²) in [7, 11) is -3.73. The molecule has 1 aliphatic rings. The first-order chi connectivity index (χ1) is 9.77. The van der Waals surface area contributed by atoms with Crippen molar-refractivity contribution >= 4 is 22.0 Å². The first-order valence-electron chi connectivity index (χ1n) is 7.14. The van der Waals surface area contributed by atoms with Gasteiger partial charge in [-0.3, -0.25) is 9.59 Å². The van der Waals surface area contributed by atoms with Crippen LogP contribution in [0.15, 0.2) is 0 Å². The summed E-state index contributed by atoms with van der Waals surface area (Å²) in [6.07, 6.45) is 1.83. The highest BCUT2D eigenvalue weighted by atomic mass is 32.2. The average Bonchev–Trinajstić information content (AvgIpc) is 2.39. The van der Waals surface area contributed by atoms with Crippen molar-refractivity contribution in [1.29, 1.82) is 0 Å². The summed E-state index contributed by atoms with van der Waals surface area (Å²) in [4.78, 5) is 22.8. The van der Waals surface area contributed by atoms with Crippen LogP contribution in [0.25, 0.3) is 0 Å². The van der Waals surface area contributed by atoms with Gasteiger partial charge in [0.25, 0.3) is 0 Å². The summed E-state index contributed by atoms with van der Waals surface area (Å²) in [6.45, 7) is 3.92. The molecule has 0 saturated carbocycles. The number of piperidine rings is 1. The van der Waals surface area contributed by atoms with E-state index < -0.39 is 33.1 Å². The lowest BCUT2D eigenvalue weighted by Gasteiger charge is -2.38. The molecule has 7 nitrogen and oxygen atoms in total.